The fourth-order valence-corrected chi connectivity index (χ4v) is 2.39. The summed E-state index contributed by atoms with van der Waals surface area (Å²) in [5, 5.41) is 3.40. The van der Waals surface area contributed by atoms with E-state index in [1.54, 1.807) is 7.11 Å². The number of nitrogens with one attached hydrogen (secondary N) is 1. The van der Waals surface area contributed by atoms with E-state index in [1.165, 1.54) is 25.7 Å². The van der Waals surface area contributed by atoms with Crippen molar-refractivity contribution in [3.8, 4) is 0 Å². The van der Waals surface area contributed by atoms with Gasteiger partial charge in [0.2, 0.25) is 5.91 Å². The number of hydrogen-bond acceptors (Lipinski definition) is 3. The summed E-state index contributed by atoms with van der Waals surface area (Å²) in [7, 11) is 1.69. The minimum Gasteiger partial charge on any atom is -0.383 e. The molecule has 2 aliphatic carbocycles. The molecule has 0 aromatic carbocycles. The van der Waals surface area contributed by atoms with Crippen molar-refractivity contribution in [2.75, 3.05) is 26.8 Å². The van der Waals surface area contributed by atoms with Gasteiger partial charge in [0, 0.05) is 38.7 Å². The van der Waals surface area contributed by atoms with Crippen LogP contribution in [0.5, 0.6) is 0 Å². The van der Waals surface area contributed by atoms with Crippen molar-refractivity contribution in [2.45, 2.75) is 51.1 Å². The minimum absolute atomic E-state index is 0.277. The van der Waals surface area contributed by atoms with Gasteiger partial charge in [-0.25, -0.2) is 0 Å². The number of carbonyl (C=O) groups excluding carboxylic acids is 1. The van der Waals surface area contributed by atoms with E-state index >= 15 is 0 Å². The molecule has 2 rings (SSSR count). The number of methoxy groups -OCH3 is 1. The van der Waals surface area contributed by atoms with Crippen LogP contribution in [0, 0.1) is 5.92 Å². The Morgan fingerprint density at radius 1 is 1.39 bits per heavy atom. The van der Waals surface area contributed by atoms with Crippen LogP contribution in [0.4, 0.5) is 0 Å². The van der Waals surface area contributed by atoms with Crippen LogP contribution >= 0.6 is 0 Å². The maximum Gasteiger partial charge on any atom is 0.224 e. The summed E-state index contributed by atoms with van der Waals surface area (Å²) in [6, 6.07) is 1.07. The van der Waals surface area contributed by atoms with Crippen LogP contribution in [0.3, 0.4) is 0 Å². The Balaban J connectivity index is 1.74. The zero-order valence-electron chi connectivity index (χ0n) is 11.7. The summed E-state index contributed by atoms with van der Waals surface area (Å²) in [6.45, 7) is 4.37. The van der Waals surface area contributed by atoms with E-state index in [4.69, 9.17) is 4.74 Å². The molecule has 0 spiro atoms. The topological polar surface area (TPSA) is 41.6 Å². The third-order valence-corrected chi connectivity index (χ3v) is 4.00. The van der Waals surface area contributed by atoms with Crippen molar-refractivity contribution in [3.63, 3.8) is 0 Å². The van der Waals surface area contributed by atoms with Gasteiger partial charge in [-0.05, 0) is 38.5 Å². The summed E-state index contributed by atoms with van der Waals surface area (Å²) in [4.78, 5) is 14.3. The van der Waals surface area contributed by atoms with Gasteiger partial charge in [0.25, 0.3) is 0 Å². The molecule has 104 valence electrons. The summed E-state index contributed by atoms with van der Waals surface area (Å²) in [5.41, 5.74) is 0. The molecule has 1 unspecified atom stereocenters. The fourth-order valence-electron chi connectivity index (χ4n) is 2.39. The predicted molar refractivity (Wildman–Crippen MR) is 71.4 cm³/mol. The highest BCUT2D eigenvalue weighted by molar-refractivity contribution is 5.76. The normalized spacial score (nSPS) is 20.8. The van der Waals surface area contributed by atoms with Gasteiger partial charge in [-0.15, -0.1) is 0 Å². The Kier molecular flexibility index (Phi) is 5.01. The van der Waals surface area contributed by atoms with Gasteiger partial charge in [0.1, 0.15) is 0 Å². The molecule has 18 heavy (non-hydrogen) atoms. The van der Waals surface area contributed by atoms with Crippen LogP contribution in [0.1, 0.15) is 39.0 Å². The Morgan fingerprint density at radius 2 is 2.11 bits per heavy atom. The molecule has 1 N–H and O–H groups in total. The van der Waals surface area contributed by atoms with Crippen LogP contribution in [0.25, 0.3) is 0 Å². The highest BCUT2D eigenvalue weighted by Crippen LogP contribution is 2.35. The monoisotopic (exact) mass is 254 g/mol. The lowest BCUT2D eigenvalue weighted by atomic mass is 10.1. The summed E-state index contributed by atoms with van der Waals surface area (Å²) in [6.07, 6.45) is 5.73. The van der Waals surface area contributed by atoms with E-state index in [1.807, 2.05) is 4.90 Å². The molecule has 0 aliphatic heterocycles. The van der Waals surface area contributed by atoms with E-state index in [2.05, 4.69) is 12.2 Å². The Bertz CT molecular complexity index is 275. The average molecular weight is 254 g/mol. The maximum atomic E-state index is 12.3. The van der Waals surface area contributed by atoms with E-state index < -0.39 is 0 Å². The number of rotatable bonds is 9. The molecule has 0 saturated heterocycles. The molecule has 0 radical (unpaired) electrons. The lowest BCUT2D eigenvalue weighted by molar-refractivity contribution is -0.134. The van der Waals surface area contributed by atoms with Gasteiger partial charge < -0.3 is 15.0 Å². The molecule has 0 aromatic rings. The molecule has 2 aliphatic rings. The van der Waals surface area contributed by atoms with Crippen LogP contribution in [0.15, 0.2) is 0 Å². The van der Waals surface area contributed by atoms with E-state index in [9.17, 15) is 4.79 Å². The van der Waals surface area contributed by atoms with E-state index in [0.29, 0.717) is 25.1 Å². The van der Waals surface area contributed by atoms with Crippen LogP contribution in [-0.2, 0) is 9.53 Å². The Morgan fingerprint density at radius 3 is 2.67 bits per heavy atom. The molecule has 2 saturated carbocycles. The van der Waals surface area contributed by atoms with Gasteiger partial charge in [0.15, 0.2) is 0 Å². The fraction of sp³-hybridized carbons (Fsp3) is 0.929. The Hall–Kier alpha value is -0.610. The number of ether oxygens (including phenoxy) is 1. The summed E-state index contributed by atoms with van der Waals surface area (Å²) in [5.74, 6) is 1.00. The first-order valence-corrected chi connectivity index (χ1v) is 7.24. The maximum absolute atomic E-state index is 12.3. The van der Waals surface area contributed by atoms with Gasteiger partial charge in [0.05, 0.1) is 6.61 Å². The molecule has 4 heteroatoms. The van der Waals surface area contributed by atoms with Crippen molar-refractivity contribution in [3.05, 3.63) is 0 Å². The van der Waals surface area contributed by atoms with Gasteiger partial charge in [-0.2, -0.15) is 0 Å². The first-order chi connectivity index (χ1) is 8.72. The number of carbonyl (C=O) groups is 1. The van der Waals surface area contributed by atoms with Crippen molar-refractivity contribution in [2.24, 2.45) is 5.92 Å². The largest absolute Gasteiger partial charge is 0.383 e. The average Bonchev–Trinajstić information content (AvgIpc) is 3.22. The predicted octanol–water partition coefficient (Wildman–Crippen LogP) is 1.40. The minimum atomic E-state index is 0.277. The second-order valence-corrected chi connectivity index (χ2v) is 5.64. The third kappa shape index (κ3) is 4.25. The van der Waals surface area contributed by atoms with Crippen molar-refractivity contribution in [1.82, 2.24) is 10.2 Å². The van der Waals surface area contributed by atoms with Crippen LogP contribution in [-0.4, -0.2) is 49.7 Å². The van der Waals surface area contributed by atoms with Gasteiger partial charge in [-0.1, -0.05) is 0 Å². The van der Waals surface area contributed by atoms with Gasteiger partial charge >= 0.3 is 0 Å². The zero-order chi connectivity index (χ0) is 13.0. The van der Waals surface area contributed by atoms with Crippen molar-refractivity contribution < 1.29 is 9.53 Å². The van der Waals surface area contributed by atoms with Crippen LogP contribution < -0.4 is 5.32 Å². The van der Waals surface area contributed by atoms with E-state index in [-0.39, 0.29) is 5.91 Å². The van der Waals surface area contributed by atoms with Gasteiger partial charge in [-0.3, -0.25) is 4.79 Å². The quantitative estimate of drug-likeness (QED) is 0.676. The van der Waals surface area contributed by atoms with Crippen molar-refractivity contribution >= 4 is 5.91 Å². The second kappa shape index (κ2) is 6.53. The third-order valence-electron chi connectivity index (χ3n) is 4.00. The Labute approximate surface area is 110 Å². The summed E-state index contributed by atoms with van der Waals surface area (Å²) >= 11 is 0. The molecule has 4 nitrogen and oxygen atoms in total. The van der Waals surface area contributed by atoms with Crippen molar-refractivity contribution in [1.29, 1.82) is 0 Å². The molecule has 0 bridgehead atoms. The standard InChI is InChI=1S/C14H26N2O2/c1-11(12-3-4-12)16(9-10-18-2)14(17)7-8-15-13-5-6-13/h11-13,15H,3-10H2,1-2H3. The molecule has 1 atom stereocenters. The second-order valence-electron chi connectivity index (χ2n) is 5.64. The lowest BCUT2D eigenvalue weighted by Gasteiger charge is -2.29. The van der Waals surface area contributed by atoms with E-state index in [0.717, 1.165) is 19.0 Å². The molecule has 0 aromatic heterocycles. The lowest BCUT2D eigenvalue weighted by Crippen LogP contribution is -2.43. The molecule has 1 amide bonds. The molecule has 2 fully saturated rings. The molecular formula is C14H26N2O2. The number of nitrogens with zero attached hydrogens (tertiary/aromatic N) is 1. The first-order valence-electron chi connectivity index (χ1n) is 7.24. The highest BCUT2D eigenvalue weighted by Gasteiger charge is 2.33. The zero-order valence-corrected chi connectivity index (χ0v) is 11.7. The SMILES string of the molecule is COCCN(C(=O)CCNC1CC1)C(C)C1CC1. The molecular weight excluding hydrogens is 228 g/mol. The first kappa shape index (κ1) is 13.8. The number of hydrogen-bond donors (Lipinski definition) is 1. The highest BCUT2D eigenvalue weighted by atomic mass is 16.5. The smallest absolute Gasteiger partial charge is 0.224 e. The summed E-state index contributed by atoms with van der Waals surface area (Å²) < 4.78 is 5.12. The van der Waals surface area contributed by atoms with Crippen LogP contribution in [0.2, 0.25) is 0 Å². The molecule has 0 heterocycles. The number of amides is 1.